The number of aryl methyl sites for hydroxylation is 2. The van der Waals surface area contributed by atoms with Gasteiger partial charge < -0.3 is 4.90 Å². The van der Waals surface area contributed by atoms with Crippen LogP contribution in [0.3, 0.4) is 0 Å². The molecule has 0 fully saturated rings. The molecule has 0 unspecified atom stereocenters. The van der Waals surface area contributed by atoms with Gasteiger partial charge in [0, 0.05) is 25.0 Å². The molecule has 2 aromatic rings. The predicted octanol–water partition coefficient (Wildman–Crippen LogP) is 2.22. The summed E-state index contributed by atoms with van der Waals surface area (Å²) in [7, 11) is 1.91. The topological polar surface area (TPSA) is 44.9 Å². The molecule has 0 N–H and O–H groups in total. The molecule has 2 aromatic heterocycles. The van der Waals surface area contributed by atoms with Crippen LogP contribution in [0.15, 0.2) is 11.4 Å². The molecule has 0 saturated carbocycles. The minimum absolute atomic E-state index is 0.705. The van der Waals surface area contributed by atoms with Gasteiger partial charge in [-0.15, -0.1) is 11.3 Å². The number of nitrogens with zero attached hydrogens (tertiary/aromatic N) is 4. The fraction of sp³-hybridized carbons (Fsp3) is 0.385. The summed E-state index contributed by atoms with van der Waals surface area (Å²) in [5, 5.41) is 15.8. The van der Waals surface area contributed by atoms with Crippen LogP contribution in [-0.4, -0.2) is 16.3 Å². The molecule has 3 rings (SSSR count). The Morgan fingerprint density at radius 3 is 3.11 bits per heavy atom. The SMILES string of the molecule is Cc1nn(C)c(N2CCc3sccc3C2)c1C#N. The van der Waals surface area contributed by atoms with E-state index >= 15 is 0 Å². The highest BCUT2D eigenvalue weighted by atomic mass is 32.1. The molecule has 0 spiro atoms. The van der Waals surface area contributed by atoms with E-state index in [1.165, 1.54) is 10.4 Å². The van der Waals surface area contributed by atoms with Gasteiger partial charge in [0.2, 0.25) is 0 Å². The van der Waals surface area contributed by atoms with E-state index in [0.29, 0.717) is 5.56 Å². The monoisotopic (exact) mass is 258 g/mol. The highest BCUT2D eigenvalue weighted by molar-refractivity contribution is 7.10. The van der Waals surface area contributed by atoms with Crippen molar-refractivity contribution >= 4 is 17.2 Å². The van der Waals surface area contributed by atoms with E-state index < -0.39 is 0 Å². The van der Waals surface area contributed by atoms with Crippen LogP contribution in [-0.2, 0) is 20.0 Å². The van der Waals surface area contributed by atoms with E-state index in [9.17, 15) is 5.26 Å². The van der Waals surface area contributed by atoms with Crippen molar-refractivity contribution in [3.05, 3.63) is 33.1 Å². The van der Waals surface area contributed by atoms with Crippen molar-refractivity contribution in [2.45, 2.75) is 19.9 Å². The molecule has 0 amide bonds. The second kappa shape index (κ2) is 4.14. The van der Waals surface area contributed by atoms with Crippen molar-refractivity contribution < 1.29 is 0 Å². The maximum atomic E-state index is 9.27. The number of fused-ring (bicyclic) bond motifs is 1. The Hall–Kier alpha value is -1.80. The van der Waals surface area contributed by atoms with Crippen LogP contribution in [0.5, 0.6) is 0 Å². The average Bonchev–Trinajstić information content (AvgIpc) is 2.91. The third-order valence-corrected chi connectivity index (χ3v) is 4.43. The maximum Gasteiger partial charge on any atom is 0.145 e. The van der Waals surface area contributed by atoms with Gasteiger partial charge in [-0.3, -0.25) is 4.68 Å². The first-order valence-electron chi connectivity index (χ1n) is 5.94. The van der Waals surface area contributed by atoms with Gasteiger partial charge >= 0.3 is 0 Å². The molecule has 4 nitrogen and oxygen atoms in total. The van der Waals surface area contributed by atoms with E-state index in [2.05, 4.69) is 27.5 Å². The van der Waals surface area contributed by atoms with Crippen LogP contribution >= 0.6 is 11.3 Å². The first-order valence-corrected chi connectivity index (χ1v) is 6.82. The number of aromatic nitrogens is 2. The number of thiophene rings is 1. The van der Waals surface area contributed by atoms with Gasteiger partial charge in [0.1, 0.15) is 17.5 Å². The minimum atomic E-state index is 0.705. The molecule has 0 atom stereocenters. The second-order valence-corrected chi connectivity index (χ2v) is 5.56. The van der Waals surface area contributed by atoms with Gasteiger partial charge in [-0.1, -0.05) is 0 Å². The third-order valence-electron chi connectivity index (χ3n) is 3.41. The Morgan fingerprint density at radius 2 is 2.33 bits per heavy atom. The number of hydrogen-bond acceptors (Lipinski definition) is 4. The molecule has 0 aromatic carbocycles. The highest BCUT2D eigenvalue weighted by Crippen LogP contribution is 2.30. The van der Waals surface area contributed by atoms with Gasteiger partial charge in [0.05, 0.1) is 5.69 Å². The van der Waals surface area contributed by atoms with Crippen molar-refractivity contribution in [1.29, 1.82) is 5.26 Å². The quantitative estimate of drug-likeness (QED) is 0.788. The van der Waals surface area contributed by atoms with Gasteiger partial charge in [-0.25, -0.2) is 0 Å². The molecule has 0 saturated heterocycles. The Morgan fingerprint density at radius 1 is 1.50 bits per heavy atom. The average molecular weight is 258 g/mol. The number of nitriles is 1. The summed E-state index contributed by atoms with van der Waals surface area (Å²) >= 11 is 1.83. The standard InChI is InChI=1S/C13H14N4S/c1-9-11(7-14)13(16(2)15-9)17-5-3-12-10(8-17)4-6-18-12/h4,6H,3,5,8H2,1-2H3. The van der Waals surface area contributed by atoms with Crippen LogP contribution in [0.4, 0.5) is 5.82 Å². The predicted molar refractivity (Wildman–Crippen MR) is 71.7 cm³/mol. The van der Waals surface area contributed by atoms with Crippen molar-refractivity contribution in [3.63, 3.8) is 0 Å². The fourth-order valence-corrected chi connectivity index (χ4v) is 3.46. The Kier molecular flexibility index (Phi) is 2.60. The van der Waals surface area contributed by atoms with E-state index in [1.807, 2.05) is 30.0 Å². The van der Waals surface area contributed by atoms with Crippen LogP contribution in [0.1, 0.15) is 21.7 Å². The lowest BCUT2D eigenvalue weighted by atomic mass is 10.1. The first-order chi connectivity index (χ1) is 8.70. The van der Waals surface area contributed by atoms with Gasteiger partial charge in [0.25, 0.3) is 0 Å². The number of hydrogen-bond donors (Lipinski definition) is 0. The smallest absolute Gasteiger partial charge is 0.145 e. The molecule has 1 aliphatic rings. The minimum Gasteiger partial charge on any atom is -0.351 e. The summed E-state index contributed by atoms with van der Waals surface area (Å²) in [6, 6.07) is 4.46. The Bertz CT molecular complexity index is 632. The summed E-state index contributed by atoms with van der Waals surface area (Å²) in [6.45, 7) is 3.73. The molecule has 5 heteroatoms. The van der Waals surface area contributed by atoms with Gasteiger partial charge in [-0.2, -0.15) is 10.4 Å². The van der Waals surface area contributed by atoms with E-state index in [-0.39, 0.29) is 0 Å². The molecular weight excluding hydrogens is 244 g/mol. The summed E-state index contributed by atoms with van der Waals surface area (Å²) in [6.07, 6.45) is 1.06. The van der Waals surface area contributed by atoms with Gasteiger partial charge in [0.15, 0.2) is 0 Å². The lowest BCUT2D eigenvalue weighted by molar-refractivity contribution is 0.673. The zero-order valence-corrected chi connectivity index (χ0v) is 11.3. The molecule has 0 radical (unpaired) electrons. The van der Waals surface area contributed by atoms with E-state index in [4.69, 9.17) is 0 Å². The first kappa shape index (κ1) is 11.3. The number of rotatable bonds is 1. The molecule has 1 aliphatic heterocycles. The lowest BCUT2D eigenvalue weighted by Gasteiger charge is -2.28. The number of anilines is 1. The zero-order valence-electron chi connectivity index (χ0n) is 10.5. The van der Waals surface area contributed by atoms with E-state index in [1.54, 1.807) is 0 Å². The Labute approximate surface area is 110 Å². The normalized spacial score (nSPS) is 14.4. The summed E-state index contributed by atoms with van der Waals surface area (Å²) < 4.78 is 1.82. The van der Waals surface area contributed by atoms with E-state index in [0.717, 1.165) is 31.0 Å². The van der Waals surface area contributed by atoms with Crippen LogP contribution in [0.25, 0.3) is 0 Å². The molecule has 92 valence electrons. The molecular formula is C13H14N4S. The summed E-state index contributed by atoms with van der Waals surface area (Å²) in [5.41, 5.74) is 2.90. The molecule has 3 heterocycles. The van der Waals surface area contributed by atoms with Crippen LogP contribution in [0.2, 0.25) is 0 Å². The van der Waals surface area contributed by atoms with Crippen molar-refractivity contribution in [1.82, 2.24) is 9.78 Å². The van der Waals surface area contributed by atoms with Crippen molar-refractivity contribution in [2.24, 2.45) is 7.05 Å². The van der Waals surface area contributed by atoms with Crippen molar-refractivity contribution in [2.75, 3.05) is 11.4 Å². The third kappa shape index (κ3) is 1.61. The zero-order chi connectivity index (χ0) is 12.7. The molecule has 18 heavy (non-hydrogen) atoms. The van der Waals surface area contributed by atoms with Crippen molar-refractivity contribution in [3.8, 4) is 6.07 Å². The molecule has 0 aliphatic carbocycles. The second-order valence-electron chi connectivity index (χ2n) is 4.56. The highest BCUT2D eigenvalue weighted by Gasteiger charge is 2.23. The summed E-state index contributed by atoms with van der Waals surface area (Å²) in [5.74, 6) is 0.951. The lowest BCUT2D eigenvalue weighted by Crippen LogP contribution is -2.31. The fourth-order valence-electron chi connectivity index (χ4n) is 2.57. The van der Waals surface area contributed by atoms with Gasteiger partial charge in [-0.05, 0) is 30.4 Å². The molecule has 0 bridgehead atoms. The Balaban J connectivity index is 2.01. The maximum absolute atomic E-state index is 9.27. The summed E-state index contributed by atoms with van der Waals surface area (Å²) in [4.78, 5) is 3.73. The van der Waals surface area contributed by atoms with Crippen LogP contribution in [0, 0.1) is 18.3 Å². The largest absolute Gasteiger partial charge is 0.351 e. The van der Waals surface area contributed by atoms with Crippen LogP contribution < -0.4 is 4.90 Å².